The Balaban J connectivity index is 1.47. The van der Waals surface area contributed by atoms with Crippen LogP contribution < -0.4 is 4.72 Å². The molecule has 0 unspecified atom stereocenters. The molecule has 1 amide bonds. The van der Waals surface area contributed by atoms with Gasteiger partial charge in [-0.05, 0) is 43.5 Å². The summed E-state index contributed by atoms with van der Waals surface area (Å²) in [6, 6.07) is 17.0. The van der Waals surface area contributed by atoms with Crippen LogP contribution in [0.15, 0.2) is 54.6 Å². The summed E-state index contributed by atoms with van der Waals surface area (Å²) in [6.45, 7) is 4.01. The van der Waals surface area contributed by atoms with Crippen LogP contribution in [0.25, 0.3) is 16.6 Å². The van der Waals surface area contributed by atoms with Crippen molar-refractivity contribution in [2.75, 3.05) is 7.05 Å². The largest absolute Gasteiger partial charge is 0.303 e. The standard InChI is InChI=1S/C23H25N5O3S/c1-16-19(17(2)28-23(24-16)20-11-7-8-12-21(20)25-28)13-14-22(29)26-32(30,31)27(3)15-18-9-5-4-6-10-18/h4-12H,13-15H2,1-3H3,(H,26,29). The minimum atomic E-state index is -3.93. The molecule has 0 aliphatic rings. The first-order valence-electron chi connectivity index (χ1n) is 10.3. The van der Waals surface area contributed by atoms with Crippen LogP contribution in [0.4, 0.5) is 0 Å². The third-order valence-electron chi connectivity index (χ3n) is 5.52. The molecule has 0 saturated carbocycles. The number of nitrogens with one attached hydrogen (secondary N) is 1. The van der Waals surface area contributed by atoms with Crippen LogP contribution in [-0.4, -0.2) is 40.3 Å². The molecule has 0 atom stereocenters. The second-order valence-electron chi connectivity index (χ2n) is 7.79. The molecule has 1 N–H and O–H groups in total. The minimum absolute atomic E-state index is 0.0219. The first kappa shape index (κ1) is 21.9. The second-order valence-corrected chi connectivity index (χ2v) is 9.56. The van der Waals surface area contributed by atoms with E-state index in [9.17, 15) is 13.2 Å². The lowest BCUT2D eigenvalue weighted by Crippen LogP contribution is -2.41. The van der Waals surface area contributed by atoms with Gasteiger partial charge in [-0.1, -0.05) is 42.5 Å². The number of rotatable bonds is 7. The SMILES string of the molecule is Cc1nc2c3ccccc3nn2c(C)c1CCC(=O)NS(=O)(=O)N(C)Cc1ccccc1. The van der Waals surface area contributed by atoms with Gasteiger partial charge in [0.15, 0.2) is 5.65 Å². The molecule has 8 nitrogen and oxygen atoms in total. The second kappa shape index (κ2) is 8.68. The maximum absolute atomic E-state index is 12.5. The highest BCUT2D eigenvalue weighted by Gasteiger charge is 2.21. The number of amides is 1. The van der Waals surface area contributed by atoms with Crippen molar-refractivity contribution < 1.29 is 13.2 Å². The van der Waals surface area contributed by atoms with Gasteiger partial charge in [0.1, 0.15) is 0 Å². The highest BCUT2D eigenvalue weighted by molar-refractivity contribution is 7.87. The normalized spacial score (nSPS) is 12.0. The van der Waals surface area contributed by atoms with E-state index >= 15 is 0 Å². The minimum Gasteiger partial charge on any atom is -0.274 e. The van der Waals surface area contributed by atoms with Crippen LogP contribution in [0.1, 0.15) is 28.9 Å². The van der Waals surface area contributed by atoms with E-state index in [2.05, 4.69) is 9.82 Å². The first-order chi connectivity index (χ1) is 15.3. The fourth-order valence-electron chi connectivity index (χ4n) is 3.78. The Morgan fingerprint density at radius 3 is 2.50 bits per heavy atom. The quantitative estimate of drug-likeness (QED) is 0.466. The van der Waals surface area contributed by atoms with Gasteiger partial charge in [-0.25, -0.2) is 14.2 Å². The Bertz CT molecular complexity index is 1400. The topological polar surface area (TPSA) is 96.7 Å². The predicted molar refractivity (Wildman–Crippen MR) is 123 cm³/mol. The van der Waals surface area contributed by atoms with E-state index in [0.29, 0.717) is 6.42 Å². The van der Waals surface area contributed by atoms with Gasteiger partial charge in [0, 0.05) is 36.8 Å². The van der Waals surface area contributed by atoms with Crippen molar-refractivity contribution in [3.63, 3.8) is 0 Å². The lowest BCUT2D eigenvalue weighted by atomic mass is 10.1. The molecule has 0 saturated heterocycles. The highest BCUT2D eigenvalue weighted by Crippen LogP contribution is 2.23. The van der Waals surface area contributed by atoms with E-state index in [4.69, 9.17) is 4.98 Å². The van der Waals surface area contributed by atoms with E-state index < -0.39 is 16.1 Å². The smallest absolute Gasteiger partial charge is 0.274 e. The molecule has 0 radical (unpaired) electrons. The number of aryl methyl sites for hydroxylation is 2. The van der Waals surface area contributed by atoms with Crippen molar-refractivity contribution in [1.29, 1.82) is 0 Å². The van der Waals surface area contributed by atoms with E-state index in [0.717, 1.165) is 43.4 Å². The van der Waals surface area contributed by atoms with Crippen LogP contribution in [0.3, 0.4) is 0 Å². The summed E-state index contributed by atoms with van der Waals surface area (Å²) in [4.78, 5) is 17.2. The lowest BCUT2D eigenvalue weighted by Gasteiger charge is -2.18. The third-order valence-corrected chi connectivity index (χ3v) is 6.96. The monoisotopic (exact) mass is 451 g/mol. The Hall–Kier alpha value is -3.30. The van der Waals surface area contributed by atoms with Gasteiger partial charge in [0.25, 0.3) is 0 Å². The average molecular weight is 452 g/mol. The van der Waals surface area contributed by atoms with Crippen LogP contribution in [-0.2, 0) is 28.0 Å². The molecule has 4 rings (SSSR count). The van der Waals surface area contributed by atoms with Gasteiger partial charge in [-0.3, -0.25) is 4.79 Å². The zero-order valence-electron chi connectivity index (χ0n) is 18.2. The number of aromatic nitrogens is 3. The summed E-state index contributed by atoms with van der Waals surface area (Å²) in [5, 5.41) is 5.59. The molecule has 9 heteroatoms. The van der Waals surface area contributed by atoms with Gasteiger partial charge < -0.3 is 0 Å². The molecule has 0 fully saturated rings. The molecule has 0 aliphatic carbocycles. The van der Waals surface area contributed by atoms with Crippen molar-refractivity contribution in [1.82, 2.24) is 23.6 Å². The maximum atomic E-state index is 12.5. The molecule has 166 valence electrons. The Morgan fingerprint density at radius 2 is 1.75 bits per heavy atom. The van der Waals surface area contributed by atoms with Crippen molar-refractivity contribution in [2.24, 2.45) is 0 Å². The summed E-state index contributed by atoms with van der Waals surface area (Å²) in [6.07, 6.45) is 0.384. The number of hydrogen-bond donors (Lipinski definition) is 1. The molecule has 0 bridgehead atoms. The summed E-state index contributed by atoms with van der Waals surface area (Å²) >= 11 is 0. The number of benzene rings is 2. The molecule has 2 aromatic carbocycles. The van der Waals surface area contributed by atoms with Crippen LogP contribution in [0.2, 0.25) is 0 Å². The Morgan fingerprint density at radius 1 is 1.06 bits per heavy atom. The number of carbonyl (C=O) groups excluding carboxylic acids is 1. The lowest BCUT2D eigenvalue weighted by molar-refractivity contribution is -0.119. The van der Waals surface area contributed by atoms with Crippen LogP contribution in [0.5, 0.6) is 0 Å². The van der Waals surface area contributed by atoms with Crippen molar-refractivity contribution in [3.8, 4) is 0 Å². The molecule has 32 heavy (non-hydrogen) atoms. The number of fused-ring (bicyclic) bond motifs is 3. The van der Waals surface area contributed by atoms with E-state index in [1.807, 2.05) is 68.4 Å². The average Bonchev–Trinajstić information content (AvgIpc) is 3.13. The van der Waals surface area contributed by atoms with Gasteiger partial charge in [0.05, 0.1) is 5.52 Å². The first-order valence-corrected chi connectivity index (χ1v) is 11.7. The Labute approximate surface area is 187 Å². The molecule has 2 aromatic heterocycles. The molecular formula is C23H25N5O3S. The van der Waals surface area contributed by atoms with Crippen LogP contribution in [0, 0.1) is 13.8 Å². The summed E-state index contributed by atoms with van der Waals surface area (Å²) < 4.78 is 30.1. The fourth-order valence-corrected chi connectivity index (χ4v) is 4.64. The van der Waals surface area contributed by atoms with Gasteiger partial charge in [0.2, 0.25) is 5.91 Å². The molecule has 2 heterocycles. The van der Waals surface area contributed by atoms with Crippen molar-refractivity contribution in [2.45, 2.75) is 33.2 Å². The third kappa shape index (κ3) is 4.35. The van der Waals surface area contributed by atoms with E-state index in [1.54, 1.807) is 4.52 Å². The zero-order valence-corrected chi connectivity index (χ0v) is 19.1. The van der Waals surface area contributed by atoms with Crippen molar-refractivity contribution >= 4 is 32.7 Å². The maximum Gasteiger partial charge on any atom is 0.303 e. The van der Waals surface area contributed by atoms with Crippen LogP contribution >= 0.6 is 0 Å². The predicted octanol–water partition coefficient (Wildman–Crippen LogP) is 2.92. The number of nitrogens with zero attached hydrogens (tertiary/aromatic N) is 4. The zero-order chi connectivity index (χ0) is 22.9. The summed E-state index contributed by atoms with van der Waals surface area (Å²) in [5.74, 6) is -0.561. The Kier molecular flexibility index (Phi) is 5.94. The molecule has 4 aromatic rings. The number of carbonyl (C=O) groups is 1. The molecule has 0 spiro atoms. The number of hydrogen-bond acceptors (Lipinski definition) is 5. The molecule has 0 aliphatic heterocycles. The highest BCUT2D eigenvalue weighted by atomic mass is 32.2. The van der Waals surface area contributed by atoms with E-state index in [-0.39, 0.29) is 13.0 Å². The van der Waals surface area contributed by atoms with E-state index in [1.165, 1.54) is 7.05 Å². The molecular weight excluding hydrogens is 426 g/mol. The van der Waals surface area contributed by atoms with Gasteiger partial charge in [-0.2, -0.15) is 17.8 Å². The van der Waals surface area contributed by atoms with Gasteiger partial charge >= 0.3 is 10.2 Å². The van der Waals surface area contributed by atoms with Gasteiger partial charge in [-0.15, -0.1) is 0 Å². The summed E-state index contributed by atoms with van der Waals surface area (Å²) in [7, 11) is -2.49. The van der Waals surface area contributed by atoms with Crippen molar-refractivity contribution in [3.05, 3.63) is 77.1 Å². The summed E-state index contributed by atoms with van der Waals surface area (Å²) in [5.41, 5.74) is 5.04. The fraction of sp³-hybridized carbons (Fsp3) is 0.261.